The standard InChI is InChI=1S/C11H17N3O3/c1-6-5-7(14-13-6)9(15)12-8(10(16)17)11(2,3)4/h5,8H,1-4H3,(H,12,15)(H,13,14)(H,16,17)/t8-/m1/s1. The van der Waals surface area contributed by atoms with Crippen LogP contribution < -0.4 is 5.32 Å². The van der Waals surface area contributed by atoms with Gasteiger partial charge in [0, 0.05) is 5.69 Å². The van der Waals surface area contributed by atoms with Gasteiger partial charge in [0.25, 0.3) is 5.91 Å². The second-order valence-electron chi connectivity index (χ2n) is 5.05. The van der Waals surface area contributed by atoms with E-state index >= 15 is 0 Å². The fourth-order valence-electron chi connectivity index (χ4n) is 1.39. The highest BCUT2D eigenvalue weighted by Gasteiger charge is 2.33. The molecule has 1 aromatic rings. The van der Waals surface area contributed by atoms with Gasteiger partial charge in [0.15, 0.2) is 0 Å². The van der Waals surface area contributed by atoms with Crippen molar-refractivity contribution in [3.63, 3.8) is 0 Å². The van der Waals surface area contributed by atoms with E-state index in [0.717, 1.165) is 5.69 Å². The summed E-state index contributed by atoms with van der Waals surface area (Å²) < 4.78 is 0. The number of nitrogens with one attached hydrogen (secondary N) is 2. The topological polar surface area (TPSA) is 95.1 Å². The molecule has 0 spiro atoms. The molecular weight excluding hydrogens is 222 g/mol. The van der Waals surface area contributed by atoms with Crippen molar-refractivity contribution in [3.8, 4) is 0 Å². The monoisotopic (exact) mass is 239 g/mol. The number of H-pyrrole nitrogens is 1. The van der Waals surface area contributed by atoms with Crippen LogP contribution in [0, 0.1) is 12.3 Å². The largest absolute Gasteiger partial charge is 0.480 e. The van der Waals surface area contributed by atoms with E-state index in [-0.39, 0.29) is 5.69 Å². The summed E-state index contributed by atoms with van der Waals surface area (Å²) in [6.45, 7) is 7.02. The Labute approximate surface area is 99.4 Å². The quantitative estimate of drug-likeness (QED) is 0.731. The molecule has 0 aromatic carbocycles. The van der Waals surface area contributed by atoms with Crippen molar-refractivity contribution in [2.24, 2.45) is 5.41 Å². The highest BCUT2D eigenvalue weighted by molar-refractivity contribution is 5.95. The van der Waals surface area contributed by atoms with E-state index in [1.54, 1.807) is 33.8 Å². The first kappa shape index (κ1) is 13.2. The lowest BCUT2D eigenvalue weighted by atomic mass is 9.86. The molecule has 0 fully saturated rings. The minimum absolute atomic E-state index is 0.193. The summed E-state index contributed by atoms with van der Waals surface area (Å²) in [6.07, 6.45) is 0. The van der Waals surface area contributed by atoms with Crippen LogP contribution in [0.4, 0.5) is 0 Å². The summed E-state index contributed by atoms with van der Waals surface area (Å²) in [6, 6.07) is 0.615. The molecule has 1 amide bonds. The first-order chi connectivity index (χ1) is 7.71. The number of aliphatic carboxylic acids is 1. The zero-order chi connectivity index (χ0) is 13.2. The Balaban J connectivity index is 2.82. The van der Waals surface area contributed by atoms with Crippen LogP contribution in [0.25, 0.3) is 0 Å². The normalized spacial score (nSPS) is 13.2. The molecule has 0 radical (unpaired) electrons. The molecule has 6 heteroatoms. The van der Waals surface area contributed by atoms with Gasteiger partial charge >= 0.3 is 5.97 Å². The maximum Gasteiger partial charge on any atom is 0.326 e. The zero-order valence-electron chi connectivity index (χ0n) is 10.4. The number of hydrogen-bond acceptors (Lipinski definition) is 3. The second-order valence-corrected chi connectivity index (χ2v) is 5.05. The number of carbonyl (C=O) groups excluding carboxylic acids is 1. The average molecular weight is 239 g/mol. The molecule has 0 aliphatic heterocycles. The second kappa shape index (κ2) is 4.57. The van der Waals surface area contributed by atoms with Gasteiger partial charge < -0.3 is 10.4 Å². The number of aromatic amines is 1. The van der Waals surface area contributed by atoms with Crippen LogP contribution in [0.5, 0.6) is 0 Å². The zero-order valence-corrected chi connectivity index (χ0v) is 10.4. The van der Waals surface area contributed by atoms with Gasteiger partial charge in [-0.25, -0.2) is 4.79 Å². The number of aromatic nitrogens is 2. The highest BCUT2D eigenvalue weighted by atomic mass is 16.4. The van der Waals surface area contributed by atoms with Crippen LogP contribution in [0.15, 0.2) is 6.07 Å². The van der Waals surface area contributed by atoms with Crippen LogP contribution in [-0.2, 0) is 4.79 Å². The number of carbonyl (C=O) groups is 2. The third-order valence-electron chi connectivity index (χ3n) is 2.33. The number of aryl methyl sites for hydroxylation is 1. The summed E-state index contributed by atoms with van der Waals surface area (Å²) in [7, 11) is 0. The molecule has 0 saturated carbocycles. The van der Waals surface area contributed by atoms with E-state index in [1.807, 2.05) is 0 Å². The van der Waals surface area contributed by atoms with Gasteiger partial charge in [0.2, 0.25) is 0 Å². The number of nitrogens with zero attached hydrogens (tertiary/aromatic N) is 1. The molecule has 3 N–H and O–H groups in total. The van der Waals surface area contributed by atoms with Crippen LogP contribution in [0.3, 0.4) is 0 Å². The van der Waals surface area contributed by atoms with Crippen molar-refractivity contribution < 1.29 is 14.7 Å². The van der Waals surface area contributed by atoms with E-state index in [0.29, 0.717) is 0 Å². The first-order valence-corrected chi connectivity index (χ1v) is 5.27. The smallest absolute Gasteiger partial charge is 0.326 e. The van der Waals surface area contributed by atoms with Gasteiger partial charge in [0.1, 0.15) is 11.7 Å². The molecule has 0 aliphatic rings. The predicted octanol–water partition coefficient (Wildman–Crippen LogP) is 0.947. The minimum Gasteiger partial charge on any atom is -0.480 e. The molecule has 17 heavy (non-hydrogen) atoms. The van der Waals surface area contributed by atoms with Crippen LogP contribution in [0.2, 0.25) is 0 Å². The van der Waals surface area contributed by atoms with Gasteiger partial charge in [-0.15, -0.1) is 0 Å². The molecule has 0 bridgehead atoms. The summed E-state index contributed by atoms with van der Waals surface area (Å²) in [4.78, 5) is 22.8. The maximum absolute atomic E-state index is 11.8. The fraction of sp³-hybridized carbons (Fsp3) is 0.545. The predicted molar refractivity (Wildman–Crippen MR) is 61.7 cm³/mol. The lowest BCUT2D eigenvalue weighted by Gasteiger charge is -2.27. The molecule has 1 heterocycles. The Morgan fingerprint density at radius 2 is 2.06 bits per heavy atom. The maximum atomic E-state index is 11.8. The number of rotatable bonds is 3. The van der Waals surface area contributed by atoms with E-state index in [4.69, 9.17) is 5.11 Å². The summed E-state index contributed by atoms with van der Waals surface area (Å²) in [5, 5.41) is 17.9. The van der Waals surface area contributed by atoms with E-state index in [1.165, 1.54) is 0 Å². The van der Waals surface area contributed by atoms with Gasteiger partial charge in [-0.3, -0.25) is 9.89 Å². The van der Waals surface area contributed by atoms with Gasteiger partial charge in [0.05, 0.1) is 0 Å². The van der Waals surface area contributed by atoms with Crippen molar-refractivity contribution in [3.05, 3.63) is 17.5 Å². The van der Waals surface area contributed by atoms with Gasteiger partial charge in [-0.05, 0) is 18.4 Å². The first-order valence-electron chi connectivity index (χ1n) is 5.27. The summed E-state index contributed by atoms with van der Waals surface area (Å²) >= 11 is 0. The molecule has 94 valence electrons. The summed E-state index contributed by atoms with van der Waals surface area (Å²) in [5.41, 5.74) is 0.378. The van der Waals surface area contributed by atoms with Crippen molar-refractivity contribution in [2.75, 3.05) is 0 Å². The molecule has 6 nitrogen and oxygen atoms in total. The third-order valence-corrected chi connectivity index (χ3v) is 2.33. The van der Waals surface area contributed by atoms with E-state index in [2.05, 4.69) is 15.5 Å². The SMILES string of the molecule is Cc1cc(C(=O)N[C@H](C(=O)O)C(C)(C)C)n[nH]1. The summed E-state index contributed by atoms with van der Waals surface area (Å²) in [5.74, 6) is -1.55. The Morgan fingerprint density at radius 1 is 1.47 bits per heavy atom. The Hall–Kier alpha value is -1.85. The Bertz CT molecular complexity index is 431. The lowest BCUT2D eigenvalue weighted by molar-refractivity contribution is -0.142. The van der Waals surface area contributed by atoms with Crippen molar-refractivity contribution in [1.82, 2.24) is 15.5 Å². The van der Waals surface area contributed by atoms with Crippen LogP contribution >= 0.6 is 0 Å². The van der Waals surface area contributed by atoms with E-state index < -0.39 is 23.3 Å². The van der Waals surface area contributed by atoms with Crippen LogP contribution in [0.1, 0.15) is 37.0 Å². The fourth-order valence-corrected chi connectivity index (χ4v) is 1.39. The number of hydrogen-bond donors (Lipinski definition) is 3. The molecule has 0 unspecified atom stereocenters. The number of carboxylic acids is 1. The Morgan fingerprint density at radius 3 is 2.41 bits per heavy atom. The number of amides is 1. The molecule has 1 atom stereocenters. The van der Waals surface area contributed by atoms with Crippen LogP contribution in [-0.4, -0.2) is 33.2 Å². The molecule has 0 saturated heterocycles. The molecule has 1 aromatic heterocycles. The highest BCUT2D eigenvalue weighted by Crippen LogP contribution is 2.19. The average Bonchev–Trinajstić information content (AvgIpc) is 2.58. The molecular formula is C11H17N3O3. The van der Waals surface area contributed by atoms with Gasteiger partial charge in [-0.1, -0.05) is 20.8 Å². The third kappa shape index (κ3) is 3.30. The van der Waals surface area contributed by atoms with Crippen molar-refractivity contribution in [1.29, 1.82) is 0 Å². The molecule has 0 aliphatic carbocycles. The lowest BCUT2D eigenvalue weighted by Crippen LogP contribution is -2.49. The van der Waals surface area contributed by atoms with Crippen molar-refractivity contribution >= 4 is 11.9 Å². The van der Waals surface area contributed by atoms with Crippen molar-refractivity contribution in [2.45, 2.75) is 33.7 Å². The number of carboxylic acid groups (broad SMARTS) is 1. The Kier molecular flexibility index (Phi) is 3.55. The molecule has 1 rings (SSSR count). The van der Waals surface area contributed by atoms with Gasteiger partial charge in [-0.2, -0.15) is 5.10 Å². The van der Waals surface area contributed by atoms with E-state index in [9.17, 15) is 9.59 Å². The minimum atomic E-state index is -1.06.